The topological polar surface area (TPSA) is 52.1 Å². The smallest absolute Gasteiger partial charge is 0.154 e. The van der Waals surface area contributed by atoms with Crippen LogP contribution in [0.25, 0.3) is 0 Å². The second kappa shape index (κ2) is 9.15. The van der Waals surface area contributed by atoms with Crippen molar-refractivity contribution in [1.29, 1.82) is 0 Å². The van der Waals surface area contributed by atoms with Crippen molar-refractivity contribution >= 4 is 10.8 Å². The predicted octanol–water partition coefficient (Wildman–Crippen LogP) is 2.84. The van der Waals surface area contributed by atoms with E-state index < -0.39 is 10.8 Å². The zero-order valence-electron chi connectivity index (χ0n) is 12.1. The Morgan fingerprint density at radius 1 is 1.32 bits per heavy atom. The minimum atomic E-state index is -0.852. The summed E-state index contributed by atoms with van der Waals surface area (Å²) in [4.78, 5) is 8.49. The predicted molar refractivity (Wildman–Crippen MR) is 78.2 cm³/mol. The molecule has 1 heterocycles. The van der Waals surface area contributed by atoms with E-state index >= 15 is 0 Å². The molecule has 0 bridgehead atoms. The maximum atomic E-state index is 12.4. The third-order valence-corrected chi connectivity index (χ3v) is 4.72. The molecule has 0 saturated carbocycles. The van der Waals surface area contributed by atoms with Crippen LogP contribution in [0.15, 0.2) is 12.3 Å². The summed E-state index contributed by atoms with van der Waals surface area (Å²) in [6, 6.07) is 1.84. The monoisotopic (exact) mass is 284 g/mol. The van der Waals surface area contributed by atoms with E-state index in [2.05, 4.69) is 23.8 Å². The first-order valence-corrected chi connectivity index (χ1v) is 8.26. The van der Waals surface area contributed by atoms with E-state index in [0.29, 0.717) is 18.2 Å². The van der Waals surface area contributed by atoms with Gasteiger partial charge in [-0.15, -0.1) is 0 Å². The molecule has 19 heavy (non-hydrogen) atoms. The van der Waals surface area contributed by atoms with Gasteiger partial charge in [0.25, 0.3) is 0 Å². The van der Waals surface area contributed by atoms with Crippen molar-refractivity contribution in [2.45, 2.75) is 57.1 Å². The summed E-state index contributed by atoms with van der Waals surface area (Å²) in [6.45, 7) is 4.68. The lowest BCUT2D eigenvalue weighted by atomic mass is 10.2. The first kappa shape index (κ1) is 16.2. The highest BCUT2D eigenvalue weighted by atomic mass is 32.2. The van der Waals surface area contributed by atoms with Crippen LogP contribution in [0.1, 0.15) is 51.0 Å². The van der Waals surface area contributed by atoms with Gasteiger partial charge in [0.2, 0.25) is 0 Å². The summed E-state index contributed by atoms with van der Waals surface area (Å²) in [6.07, 6.45) is 5.92. The highest BCUT2D eigenvalue weighted by Crippen LogP contribution is 2.15. The number of nitrogens with zero attached hydrogens (tertiary/aromatic N) is 2. The molecule has 4 nitrogen and oxygen atoms in total. The Labute approximate surface area is 118 Å². The number of hydrogen-bond donors (Lipinski definition) is 0. The number of aromatic nitrogens is 2. The largest absolute Gasteiger partial charge is 0.377 e. The maximum Gasteiger partial charge on any atom is 0.154 e. The van der Waals surface area contributed by atoms with Crippen LogP contribution in [0.4, 0.5) is 0 Å². The maximum absolute atomic E-state index is 12.4. The zero-order valence-corrected chi connectivity index (χ0v) is 12.9. The average molecular weight is 284 g/mol. The van der Waals surface area contributed by atoms with Crippen LogP contribution in [0, 0.1) is 0 Å². The van der Waals surface area contributed by atoms with Gasteiger partial charge in [-0.05, 0) is 18.9 Å². The van der Waals surface area contributed by atoms with Crippen LogP contribution in [0.5, 0.6) is 0 Å². The molecule has 0 radical (unpaired) electrons. The molecule has 1 aromatic rings. The summed E-state index contributed by atoms with van der Waals surface area (Å²) in [5.74, 6) is 1.17. The normalized spacial score (nSPS) is 12.8. The summed E-state index contributed by atoms with van der Waals surface area (Å²) in [7, 11) is 0.766. The van der Waals surface area contributed by atoms with E-state index in [4.69, 9.17) is 4.74 Å². The van der Waals surface area contributed by atoms with Crippen LogP contribution in [-0.2, 0) is 27.9 Å². The molecular formula is C14H24N2O2S. The summed E-state index contributed by atoms with van der Waals surface area (Å²) in [5.41, 5.74) is 0.845. The van der Waals surface area contributed by atoms with Crippen LogP contribution >= 0.6 is 0 Å². The lowest BCUT2D eigenvalue weighted by Crippen LogP contribution is -2.17. The van der Waals surface area contributed by atoms with E-state index in [-0.39, 0.29) is 5.25 Å². The van der Waals surface area contributed by atoms with Gasteiger partial charge in [-0.2, -0.15) is 0 Å². The van der Waals surface area contributed by atoms with E-state index in [0.717, 1.165) is 31.4 Å². The molecule has 0 aliphatic heterocycles. The molecule has 1 atom stereocenters. The summed E-state index contributed by atoms with van der Waals surface area (Å²) < 4.78 is 17.4. The molecule has 0 aromatic carbocycles. The van der Waals surface area contributed by atoms with Crippen molar-refractivity contribution < 1.29 is 8.95 Å². The molecule has 1 aromatic heterocycles. The second-order valence-corrected chi connectivity index (χ2v) is 6.34. The fourth-order valence-electron chi connectivity index (χ4n) is 2.04. The molecule has 0 aliphatic carbocycles. The molecule has 0 aliphatic rings. The Morgan fingerprint density at radius 3 is 2.58 bits per heavy atom. The van der Waals surface area contributed by atoms with Gasteiger partial charge in [-0.1, -0.05) is 26.7 Å². The standard InChI is InChI=1S/C14H24N2O2S/c1-4-6-13(7-5-2)19(17)11-12-8-9-15-14(16-12)10-18-3/h8-9,13H,4-7,10-11H2,1-3H3. The molecule has 1 unspecified atom stereocenters. The summed E-state index contributed by atoms with van der Waals surface area (Å²) >= 11 is 0. The zero-order chi connectivity index (χ0) is 14.1. The molecule has 0 amide bonds. The Balaban J connectivity index is 2.66. The van der Waals surface area contributed by atoms with Crippen molar-refractivity contribution in [3.8, 4) is 0 Å². The quantitative estimate of drug-likeness (QED) is 0.699. The molecule has 1 rings (SSSR count). The van der Waals surface area contributed by atoms with Crippen molar-refractivity contribution in [2.24, 2.45) is 0 Å². The van der Waals surface area contributed by atoms with Gasteiger partial charge in [0, 0.05) is 29.4 Å². The molecule has 108 valence electrons. The van der Waals surface area contributed by atoms with Gasteiger partial charge in [-0.25, -0.2) is 9.97 Å². The van der Waals surface area contributed by atoms with E-state index in [9.17, 15) is 4.21 Å². The minimum Gasteiger partial charge on any atom is -0.377 e. The lowest BCUT2D eigenvalue weighted by Gasteiger charge is -2.14. The van der Waals surface area contributed by atoms with Crippen LogP contribution < -0.4 is 0 Å². The Kier molecular flexibility index (Phi) is 7.82. The van der Waals surface area contributed by atoms with Crippen molar-refractivity contribution in [2.75, 3.05) is 7.11 Å². The SMILES string of the molecule is CCCC(CCC)S(=O)Cc1ccnc(COC)n1. The Bertz CT molecular complexity index is 393. The van der Waals surface area contributed by atoms with Gasteiger partial charge in [0.1, 0.15) is 6.61 Å². The fraction of sp³-hybridized carbons (Fsp3) is 0.714. The molecular weight excluding hydrogens is 260 g/mol. The first-order valence-electron chi connectivity index (χ1n) is 6.88. The third-order valence-electron chi connectivity index (χ3n) is 2.92. The van der Waals surface area contributed by atoms with Gasteiger partial charge in [0.15, 0.2) is 5.82 Å². The van der Waals surface area contributed by atoms with Crippen LogP contribution in [0.2, 0.25) is 0 Å². The van der Waals surface area contributed by atoms with Crippen molar-refractivity contribution in [1.82, 2.24) is 9.97 Å². The summed E-state index contributed by atoms with van der Waals surface area (Å²) in [5, 5.41) is 0.288. The molecule has 0 N–H and O–H groups in total. The molecule has 0 spiro atoms. The van der Waals surface area contributed by atoms with Crippen molar-refractivity contribution in [3.63, 3.8) is 0 Å². The fourth-order valence-corrected chi connectivity index (χ4v) is 3.72. The number of ether oxygens (including phenoxy) is 1. The third kappa shape index (κ3) is 5.78. The van der Waals surface area contributed by atoms with Crippen LogP contribution in [0.3, 0.4) is 0 Å². The number of rotatable bonds is 9. The first-order chi connectivity index (χ1) is 9.21. The highest BCUT2D eigenvalue weighted by Gasteiger charge is 2.16. The van der Waals surface area contributed by atoms with E-state index in [1.165, 1.54) is 0 Å². The average Bonchev–Trinajstić information content (AvgIpc) is 2.39. The van der Waals surface area contributed by atoms with Gasteiger partial charge < -0.3 is 4.74 Å². The van der Waals surface area contributed by atoms with E-state index in [1.807, 2.05) is 6.07 Å². The highest BCUT2D eigenvalue weighted by molar-refractivity contribution is 7.84. The van der Waals surface area contributed by atoms with Gasteiger partial charge in [0.05, 0.1) is 11.4 Å². The van der Waals surface area contributed by atoms with Crippen LogP contribution in [-0.4, -0.2) is 26.5 Å². The second-order valence-electron chi connectivity index (χ2n) is 4.62. The number of hydrogen-bond acceptors (Lipinski definition) is 4. The van der Waals surface area contributed by atoms with Gasteiger partial charge >= 0.3 is 0 Å². The van der Waals surface area contributed by atoms with Crippen molar-refractivity contribution in [3.05, 3.63) is 23.8 Å². The lowest BCUT2D eigenvalue weighted by molar-refractivity contribution is 0.177. The minimum absolute atomic E-state index is 0.288. The van der Waals surface area contributed by atoms with Gasteiger partial charge in [-0.3, -0.25) is 4.21 Å². The number of methoxy groups -OCH3 is 1. The molecule has 5 heteroatoms. The molecule has 0 saturated heterocycles. The molecule has 0 fully saturated rings. The van der Waals surface area contributed by atoms with E-state index in [1.54, 1.807) is 13.3 Å². The Morgan fingerprint density at radius 2 is 2.00 bits per heavy atom. The Hall–Kier alpha value is -0.810.